The molecule has 1 fully saturated rings. The van der Waals surface area contributed by atoms with Gasteiger partial charge in [0.1, 0.15) is 11.6 Å². The molecule has 1 heterocycles. The van der Waals surface area contributed by atoms with E-state index >= 15 is 0 Å². The number of benzene rings is 1. The van der Waals surface area contributed by atoms with Gasteiger partial charge in [-0.25, -0.2) is 15.8 Å². The second kappa shape index (κ2) is 5.69. The Morgan fingerprint density at radius 1 is 1.29 bits per heavy atom. The second-order valence-corrected chi connectivity index (χ2v) is 5.80. The molecule has 2 unspecified atom stereocenters. The molecule has 110 valence electrons. The number of nitrogens with one attached hydrogen (secondary N) is 1. The molecule has 1 aromatic heterocycles. The molecule has 0 amide bonds. The SMILES string of the molecule is CC1CC1CN(C)c1cc(NN)nc(-c2ccccc2)n1. The molecule has 0 aliphatic heterocycles. The molecule has 1 aliphatic carbocycles. The average Bonchev–Trinajstić information content (AvgIpc) is 3.22. The van der Waals surface area contributed by atoms with E-state index in [9.17, 15) is 0 Å². The fraction of sp³-hybridized carbons (Fsp3) is 0.375. The van der Waals surface area contributed by atoms with Crippen molar-refractivity contribution in [1.82, 2.24) is 9.97 Å². The van der Waals surface area contributed by atoms with E-state index in [4.69, 9.17) is 5.84 Å². The standard InChI is InChI=1S/C16H21N5/c1-11-8-13(11)10-21(2)15-9-14(20-17)18-16(19-15)12-6-4-3-5-7-12/h3-7,9,11,13H,8,10,17H2,1-2H3,(H,18,19,20). The van der Waals surface area contributed by atoms with Crippen LogP contribution in [0.3, 0.4) is 0 Å². The van der Waals surface area contributed by atoms with Crippen molar-refractivity contribution >= 4 is 11.6 Å². The van der Waals surface area contributed by atoms with E-state index in [0.29, 0.717) is 11.6 Å². The lowest BCUT2D eigenvalue weighted by Crippen LogP contribution is -2.22. The molecule has 0 bridgehead atoms. The summed E-state index contributed by atoms with van der Waals surface area (Å²) in [6.45, 7) is 3.32. The highest BCUT2D eigenvalue weighted by atomic mass is 15.3. The van der Waals surface area contributed by atoms with Crippen LogP contribution >= 0.6 is 0 Å². The molecular weight excluding hydrogens is 262 g/mol. The van der Waals surface area contributed by atoms with E-state index < -0.39 is 0 Å². The maximum Gasteiger partial charge on any atom is 0.163 e. The maximum atomic E-state index is 5.54. The number of nitrogens with two attached hydrogens (primary N) is 1. The monoisotopic (exact) mass is 283 g/mol. The lowest BCUT2D eigenvalue weighted by molar-refractivity contribution is 0.719. The van der Waals surface area contributed by atoms with E-state index in [1.165, 1.54) is 6.42 Å². The predicted octanol–water partition coefficient (Wildman–Crippen LogP) is 2.52. The summed E-state index contributed by atoms with van der Waals surface area (Å²) < 4.78 is 0. The summed E-state index contributed by atoms with van der Waals surface area (Å²) in [7, 11) is 2.07. The molecule has 0 radical (unpaired) electrons. The van der Waals surface area contributed by atoms with E-state index in [1.807, 2.05) is 36.4 Å². The van der Waals surface area contributed by atoms with Crippen LogP contribution in [0.1, 0.15) is 13.3 Å². The van der Waals surface area contributed by atoms with Gasteiger partial charge in [0.05, 0.1) is 0 Å². The smallest absolute Gasteiger partial charge is 0.163 e. The summed E-state index contributed by atoms with van der Waals surface area (Å²) >= 11 is 0. The van der Waals surface area contributed by atoms with Crippen LogP contribution < -0.4 is 16.2 Å². The predicted molar refractivity (Wildman–Crippen MR) is 85.8 cm³/mol. The van der Waals surface area contributed by atoms with Crippen molar-refractivity contribution in [2.24, 2.45) is 17.7 Å². The number of nitrogens with zero attached hydrogens (tertiary/aromatic N) is 3. The number of aromatic nitrogens is 2. The highest BCUT2D eigenvalue weighted by Gasteiger charge is 2.33. The van der Waals surface area contributed by atoms with Crippen molar-refractivity contribution in [2.75, 3.05) is 23.9 Å². The zero-order valence-electron chi connectivity index (χ0n) is 12.5. The van der Waals surface area contributed by atoms with Gasteiger partial charge >= 0.3 is 0 Å². The quantitative estimate of drug-likeness (QED) is 0.652. The molecule has 5 nitrogen and oxygen atoms in total. The van der Waals surface area contributed by atoms with Crippen molar-refractivity contribution in [3.05, 3.63) is 36.4 Å². The van der Waals surface area contributed by atoms with Crippen molar-refractivity contribution < 1.29 is 0 Å². The average molecular weight is 283 g/mol. The Hall–Kier alpha value is -2.14. The summed E-state index contributed by atoms with van der Waals surface area (Å²) in [6.07, 6.45) is 1.31. The van der Waals surface area contributed by atoms with Crippen LogP contribution in [-0.4, -0.2) is 23.6 Å². The normalized spacial score (nSPS) is 20.1. The fourth-order valence-electron chi connectivity index (χ4n) is 2.52. The van der Waals surface area contributed by atoms with Crippen LogP contribution in [0.15, 0.2) is 36.4 Å². The number of anilines is 2. The van der Waals surface area contributed by atoms with Crippen molar-refractivity contribution in [3.8, 4) is 11.4 Å². The molecule has 1 saturated carbocycles. The van der Waals surface area contributed by atoms with Crippen LogP contribution in [0, 0.1) is 11.8 Å². The van der Waals surface area contributed by atoms with E-state index in [0.717, 1.165) is 29.8 Å². The zero-order valence-corrected chi connectivity index (χ0v) is 12.5. The van der Waals surface area contributed by atoms with Gasteiger partial charge in [0.15, 0.2) is 5.82 Å². The number of hydrogen-bond acceptors (Lipinski definition) is 5. The Bertz CT molecular complexity index is 613. The maximum absolute atomic E-state index is 5.54. The molecule has 1 aliphatic rings. The summed E-state index contributed by atoms with van der Waals surface area (Å²) in [5, 5.41) is 0. The summed E-state index contributed by atoms with van der Waals surface area (Å²) in [5.74, 6) is 9.37. The highest BCUT2D eigenvalue weighted by molar-refractivity contribution is 5.61. The van der Waals surface area contributed by atoms with Gasteiger partial charge in [-0.05, 0) is 18.3 Å². The second-order valence-electron chi connectivity index (χ2n) is 5.80. The Morgan fingerprint density at radius 3 is 2.62 bits per heavy atom. The molecule has 2 atom stereocenters. The number of nitrogen functional groups attached to an aromatic ring is 1. The zero-order chi connectivity index (χ0) is 14.8. The van der Waals surface area contributed by atoms with E-state index in [1.54, 1.807) is 0 Å². The lowest BCUT2D eigenvalue weighted by Gasteiger charge is -2.19. The third kappa shape index (κ3) is 3.13. The summed E-state index contributed by atoms with van der Waals surface area (Å²) in [5.41, 5.74) is 3.62. The minimum Gasteiger partial charge on any atom is -0.359 e. The van der Waals surface area contributed by atoms with Gasteiger partial charge in [0.25, 0.3) is 0 Å². The van der Waals surface area contributed by atoms with E-state index in [2.05, 4.69) is 34.3 Å². The first-order valence-electron chi connectivity index (χ1n) is 7.29. The van der Waals surface area contributed by atoms with E-state index in [-0.39, 0.29) is 0 Å². The minimum atomic E-state index is 0.634. The topological polar surface area (TPSA) is 67.1 Å². The fourth-order valence-corrected chi connectivity index (χ4v) is 2.52. The summed E-state index contributed by atoms with van der Waals surface area (Å²) in [4.78, 5) is 11.3. The molecule has 3 rings (SSSR count). The molecular formula is C16H21N5. The van der Waals surface area contributed by atoms with Gasteiger partial charge in [-0.15, -0.1) is 0 Å². The molecule has 0 saturated heterocycles. The first-order chi connectivity index (χ1) is 10.2. The molecule has 2 aromatic rings. The molecule has 3 N–H and O–H groups in total. The van der Waals surface area contributed by atoms with Gasteiger partial charge in [-0.2, -0.15) is 0 Å². The molecule has 1 aromatic carbocycles. The Labute approximate surface area is 125 Å². The number of rotatable bonds is 5. The van der Waals surface area contributed by atoms with Crippen LogP contribution in [-0.2, 0) is 0 Å². The van der Waals surface area contributed by atoms with Crippen LogP contribution in [0.4, 0.5) is 11.6 Å². The van der Waals surface area contributed by atoms with Crippen LogP contribution in [0.5, 0.6) is 0 Å². The van der Waals surface area contributed by atoms with Crippen molar-refractivity contribution in [3.63, 3.8) is 0 Å². The Balaban J connectivity index is 1.89. The largest absolute Gasteiger partial charge is 0.359 e. The van der Waals surface area contributed by atoms with Gasteiger partial charge in [0.2, 0.25) is 0 Å². The van der Waals surface area contributed by atoms with Crippen LogP contribution in [0.25, 0.3) is 11.4 Å². The third-order valence-corrected chi connectivity index (χ3v) is 4.07. The number of hydrazine groups is 1. The highest BCUT2D eigenvalue weighted by Crippen LogP contribution is 2.38. The first-order valence-corrected chi connectivity index (χ1v) is 7.29. The van der Waals surface area contributed by atoms with Gasteiger partial charge in [-0.1, -0.05) is 37.3 Å². The summed E-state index contributed by atoms with van der Waals surface area (Å²) in [6, 6.07) is 11.8. The Morgan fingerprint density at radius 2 is 2.00 bits per heavy atom. The van der Waals surface area contributed by atoms with Gasteiger partial charge in [0, 0.05) is 25.2 Å². The number of hydrogen-bond donors (Lipinski definition) is 2. The molecule has 0 spiro atoms. The van der Waals surface area contributed by atoms with Crippen LogP contribution in [0.2, 0.25) is 0 Å². The molecule has 21 heavy (non-hydrogen) atoms. The minimum absolute atomic E-state index is 0.634. The first kappa shape index (κ1) is 13.8. The van der Waals surface area contributed by atoms with Crippen molar-refractivity contribution in [2.45, 2.75) is 13.3 Å². The third-order valence-electron chi connectivity index (χ3n) is 4.07. The van der Waals surface area contributed by atoms with Gasteiger partial charge in [-0.3, -0.25) is 0 Å². The lowest BCUT2D eigenvalue weighted by atomic mass is 10.2. The molecule has 5 heteroatoms. The van der Waals surface area contributed by atoms with Crippen molar-refractivity contribution in [1.29, 1.82) is 0 Å². The van der Waals surface area contributed by atoms with Gasteiger partial charge < -0.3 is 10.3 Å². The Kier molecular flexibility index (Phi) is 3.75.